The van der Waals surface area contributed by atoms with Gasteiger partial charge in [0.15, 0.2) is 5.78 Å². The van der Waals surface area contributed by atoms with Crippen molar-refractivity contribution in [2.45, 2.75) is 39.7 Å². The zero-order valence-electron chi connectivity index (χ0n) is 14.9. The minimum absolute atomic E-state index is 0.166. The second kappa shape index (κ2) is 7.10. The van der Waals surface area contributed by atoms with Crippen LogP contribution in [0.3, 0.4) is 0 Å². The van der Waals surface area contributed by atoms with Crippen molar-refractivity contribution in [3.8, 4) is 0 Å². The van der Waals surface area contributed by atoms with Crippen LogP contribution in [0.15, 0.2) is 48.5 Å². The van der Waals surface area contributed by atoms with Crippen LogP contribution in [-0.2, 0) is 12.0 Å². The van der Waals surface area contributed by atoms with Gasteiger partial charge in [-0.1, -0.05) is 74.9 Å². The molecule has 0 unspecified atom stereocenters. The average molecular weight is 309 g/mol. The highest BCUT2D eigenvalue weighted by Gasteiger charge is 2.14. The van der Waals surface area contributed by atoms with E-state index in [0.29, 0.717) is 6.54 Å². The minimum atomic E-state index is 0.166. The molecule has 0 saturated heterocycles. The Hall–Kier alpha value is -1.93. The fraction of sp³-hybridized carbons (Fsp3) is 0.381. The van der Waals surface area contributed by atoms with E-state index in [1.807, 2.05) is 38.2 Å². The van der Waals surface area contributed by atoms with Gasteiger partial charge in [-0.25, -0.2) is 0 Å². The van der Waals surface area contributed by atoms with Crippen molar-refractivity contribution in [2.75, 3.05) is 13.6 Å². The predicted molar refractivity (Wildman–Crippen MR) is 97.0 cm³/mol. The van der Waals surface area contributed by atoms with Gasteiger partial charge < -0.3 is 0 Å². The van der Waals surface area contributed by atoms with Gasteiger partial charge in [-0.05, 0) is 30.5 Å². The lowest BCUT2D eigenvalue weighted by atomic mass is 9.87. The SMILES string of the molecule is Cc1ccc(C(=O)CN(C)Cc2ccc(C(C)(C)C)cc2)cc1. The lowest BCUT2D eigenvalue weighted by Crippen LogP contribution is -2.25. The van der Waals surface area contributed by atoms with Crippen LogP contribution in [0, 0.1) is 6.92 Å². The van der Waals surface area contributed by atoms with E-state index in [-0.39, 0.29) is 11.2 Å². The van der Waals surface area contributed by atoms with E-state index in [1.54, 1.807) is 0 Å². The Labute approximate surface area is 140 Å². The Morgan fingerprint density at radius 3 is 2.04 bits per heavy atom. The van der Waals surface area contributed by atoms with Crippen molar-refractivity contribution in [3.05, 3.63) is 70.8 Å². The molecule has 0 radical (unpaired) electrons. The number of Topliss-reactive ketones (excluding diaryl/α,β-unsaturated/α-hetero) is 1. The molecule has 0 heterocycles. The maximum atomic E-state index is 12.3. The summed E-state index contributed by atoms with van der Waals surface area (Å²) in [4.78, 5) is 14.4. The number of aryl methyl sites for hydroxylation is 1. The Morgan fingerprint density at radius 1 is 0.957 bits per heavy atom. The molecule has 0 aliphatic carbocycles. The maximum Gasteiger partial charge on any atom is 0.176 e. The van der Waals surface area contributed by atoms with Crippen LogP contribution < -0.4 is 0 Å². The van der Waals surface area contributed by atoms with E-state index in [2.05, 4.69) is 49.9 Å². The second-order valence-corrected chi connectivity index (χ2v) is 7.41. The molecule has 2 aromatic carbocycles. The van der Waals surface area contributed by atoms with E-state index in [9.17, 15) is 4.79 Å². The molecule has 2 aromatic rings. The van der Waals surface area contributed by atoms with Crippen molar-refractivity contribution in [1.82, 2.24) is 4.90 Å². The lowest BCUT2D eigenvalue weighted by molar-refractivity contribution is 0.0943. The molecule has 0 fully saturated rings. The molecule has 0 amide bonds. The Balaban J connectivity index is 1.95. The lowest BCUT2D eigenvalue weighted by Gasteiger charge is -2.20. The predicted octanol–water partition coefficient (Wildman–Crippen LogP) is 4.61. The number of likely N-dealkylation sites (N-methyl/N-ethyl adjacent to an activating group) is 1. The van der Waals surface area contributed by atoms with Gasteiger partial charge in [-0.15, -0.1) is 0 Å². The van der Waals surface area contributed by atoms with E-state index >= 15 is 0 Å². The highest BCUT2D eigenvalue weighted by Crippen LogP contribution is 2.22. The quantitative estimate of drug-likeness (QED) is 0.752. The average Bonchev–Trinajstić information content (AvgIpc) is 2.47. The first-order chi connectivity index (χ1) is 10.8. The molecule has 0 spiro atoms. The van der Waals surface area contributed by atoms with E-state index in [4.69, 9.17) is 0 Å². The molecule has 0 N–H and O–H groups in total. The zero-order chi connectivity index (χ0) is 17.0. The molecule has 0 bridgehead atoms. The van der Waals surface area contributed by atoms with E-state index in [1.165, 1.54) is 16.7 Å². The Kier molecular flexibility index (Phi) is 5.38. The van der Waals surface area contributed by atoms with Gasteiger partial charge in [0.1, 0.15) is 0 Å². The molecule has 2 rings (SSSR count). The second-order valence-electron chi connectivity index (χ2n) is 7.41. The van der Waals surface area contributed by atoms with Gasteiger partial charge in [-0.3, -0.25) is 9.69 Å². The first-order valence-corrected chi connectivity index (χ1v) is 8.13. The molecule has 0 saturated carbocycles. The number of rotatable bonds is 5. The van der Waals surface area contributed by atoms with Crippen LogP contribution in [0.4, 0.5) is 0 Å². The Bertz CT molecular complexity index is 648. The van der Waals surface area contributed by atoms with Crippen molar-refractivity contribution in [1.29, 1.82) is 0 Å². The third-order valence-electron chi connectivity index (χ3n) is 4.06. The molecular weight excluding hydrogens is 282 g/mol. The summed E-state index contributed by atoms with van der Waals surface area (Å²) in [5.41, 5.74) is 4.70. The highest BCUT2D eigenvalue weighted by atomic mass is 16.1. The van der Waals surface area contributed by atoms with Crippen LogP contribution in [0.5, 0.6) is 0 Å². The van der Waals surface area contributed by atoms with Gasteiger partial charge >= 0.3 is 0 Å². The number of hydrogen-bond donors (Lipinski definition) is 0. The van der Waals surface area contributed by atoms with E-state index < -0.39 is 0 Å². The monoisotopic (exact) mass is 309 g/mol. The van der Waals surface area contributed by atoms with Gasteiger partial charge in [0.25, 0.3) is 0 Å². The maximum absolute atomic E-state index is 12.3. The first kappa shape index (κ1) is 17.4. The van der Waals surface area contributed by atoms with Crippen LogP contribution in [0.1, 0.15) is 47.8 Å². The smallest absolute Gasteiger partial charge is 0.176 e. The molecule has 0 atom stereocenters. The standard InChI is InChI=1S/C21H27NO/c1-16-6-10-18(11-7-16)20(23)15-22(5)14-17-8-12-19(13-9-17)21(2,3)4/h6-13H,14-15H2,1-5H3. The molecule has 23 heavy (non-hydrogen) atoms. The van der Waals surface area contributed by atoms with Crippen LogP contribution in [-0.4, -0.2) is 24.3 Å². The summed E-state index contributed by atoms with van der Waals surface area (Å²) in [7, 11) is 1.99. The van der Waals surface area contributed by atoms with Crippen molar-refractivity contribution < 1.29 is 4.79 Å². The number of ketones is 1. The van der Waals surface area contributed by atoms with Crippen molar-refractivity contribution >= 4 is 5.78 Å². The summed E-state index contributed by atoms with van der Waals surface area (Å²) in [6.07, 6.45) is 0. The summed E-state index contributed by atoms with van der Waals surface area (Å²) < 4.78 is 0. The topological polar surface area (TPSA) is 20.3 Å². The van der Waals surface area contributed by atoms with Crippen molar-refractivity contribution in [2.24, 2.45) is 0 Å². The van der Waals surface area contributed by atoms with Crippen molar-refractivity contribution in [3.63, 3.8) is 0 Å². The normalized spacial score (nSPS) is 11.7. The Morgan fingerprint density at radius 2 is 1.52 bits per heavy atom. The number of carbonyl (C=O) groups excluding carboxylic acids is 1. The molecule has 2 nitrogen and oxygen atoms in total. The third kappa shape index (κ3) is 5.04. The summed E-state index contributed by atoms with van der Waals surface area (Å²) in [6.45, 7) is 9.89. The fourth-order valence-electron chi connectivity index (χ4n) is 2.55. The molecule has 122 valence electrons. The molecule has 0 aromatic heterocycles. The summed E-state index contributed by atoms with van der Waals surface area (Å²) in [5.74, 6) is 0.166. The molecule has 0 aliphatic rings. The van der Waals surface area contributed by atoms with Crippen LogP contribution in [0.25, 0.3) is 0 Å². The summed E-state index contributed by atoms with van der Waals surface area (Å²) in [5, 5.41) is 0. The molecule has 2 heteroatoms. The van der Waals surface area contributed by atoms with Crippen LogP contribution >= 0.6 is 0 Å². The summed E-state index contributed by atoms with van der Waals surface area (Å²) >= 11 is 0. The zero-order valence-corrected chi connectivity index (χ0v) is 14.9. The molecular formula is C21H27NO. The highest BCUT2D eigenvalue weighted by molar-refractivity contribution is 5.97. The summed E-state index contributed by atoms with van der Waals surface area (Å²) in [6, 6.07) is 16.5. The van der Waals surface area contributed by atoms with Crippen LogP contribution in [0.2, 0.25) is 0 Å². The molecule has 0 aliphatic heterocycles. The van der Waals surface area contributed by atoms with Gasteiger partial charge in [-0.2, -0.15) is 0 Å². The minimum Gasteiger partial charge on any atom is -0.295 e. The number of benzene rings is 2. The van der Waals surface area contributed by atoms with E-state index in [0.717, 1.165) is 12.1 Å². The fourth-order valence-corrected chi connectivity index (χ4v) is 2.55. The first-order valence-electron chi connectivity index (χ1n) is 8.13. The van der Waals surface area contributed by atoms with Gasteiger partial charge in [0.2, 0.25) is 0 Å². The van der Waals surface area contributed by atoms with Gasteiger partial charge in [0.05, 0.1) is 6.54 Å². The largest absolute Gasteiger partial charge is 0.295 e. The third-order valence-corrected chi connectivity index (χ3v) is 4.06. The number of hydrogen-bond acceptors (Lipinski definition) is 2. The van der Waals surface area contributed by atoms with Gasteiger partial charge in [0, 0.05) is 12.1 Å². The number of carbonyl (C=O) groups is 1. The number of nitrogens with zero attached hydrogens (tertiary/aromatic N) is 1.